The van der Waals surface area contributed by atoms with Crippen LogP contribution in [0.4, 0.5) is 4.39 Å². The highest BCUT2D eigenvalue weighted by molar-refractivity contribution is 5.35. The first-order valence-electron chi connectivity index (χ1n) is 7.30. The number of ether oxygens (including phenoxy) is 1. The summed E-state index contributed by atoms with van der Waals surface area (Å²) in [4.78, 5) is 0. The number of halogens is 1. The second-order valence-corrected chi connectivity index (χ2v) is 4.89. The van der Waals surface area contributed by atoms with Crippen LogP contribution in [-0.4, -0.2) is 16.3 Å². The van der Waals surface area contributed by atoms with Crippen molar-refractivity contribution in [2.75, 3.05) is 6.54 Å². The molecule has 0 amide bonds. The minimum absolute atomic E-state index is 0.314. The predicted octanol–water partition coefficient (Wildman–Crippen LogP) is 3.04. The zero-order chi connectivity index (χ0) is 15.2. The Hall–Kier alpha value is -1.88. The van der Waals surface area contributed by atoms with E-state index in [1.165, 1.54) is 6.07 Å². The third-order valence-electron chi connectivity index (χ3n) is 3.26. The summed E-state index contributed by atoms with van der Waals surface area (Å²) in [6.45, 7) is 8.49. The van der Waals surface area contributed by atoms with E-state index in [1.807, 2.05) is 37.6 Å². The molecule has 1 aromatic carbocycles. The molecule has 2 rings (SSSR count). The lowest BCUT2D eigenvalue weighted by molar-refractivity contribution is 0.274. The Morgan fingerprint density at radius 2 is 2.14 bits per heavy atom. The normalized spacial score (nSPS) is 10.9. The number of aromatic nitrogens is 2. The van der Waals surface area contributed by atoms with Gasteiger partial charge in [0.2, 0.25) is 0 Å². The zero-order valence-corrected chi connectivity index (χ0v) is 12.8. The van der Waals surface area contributed by atoms with E-state index in [9.17, 15) is 4.39 Å². The van der Waals surface area contributed by atoms with Crippen molar-refractivity contribution < 1.29 is 9.13 Å². The van der Waals surface area contributed by atoms with Gasteiger partial charge in [0.1, 0.15) is 6.61 Å². The SMILES string of the molecule is CCNCc1cccc(F)c1OCc1cc(C)nn1CC. The van der Waals surface area contributed by atoms with E-state index in [4.69, 9.17) is 4.74 Å². The lowest BCUT2D eigenvalue weighted by Gasteiger charge is -2.13. The van der Waals surface area contributed by atoms with Gasteiger partial charge in [-0.3, -0.25) is 4.68 Å². The van der Waals surface area contributed by atoms with E-state index >= 15 is 0 Å². The van der Waals surface area contributed by atoms with Crippen molar-refractivity contribution in [3.63, 3.8) is 0 Å². The summed E-state index contributed by atoms with van der Waals surface area (Å²) >= 11 is 0. The number of nitrogens with one attached hydrogen (secondary N) is 1. The monoisotopic (exact) mass is 291 g/mol. The Morgan fingerprint density at radius 3 is 2.86 bits per heavy atom. The highest BCUT2D eigenvalue weighted by Crippen LogP contribution is 2.24. The van der Waals surface area contributed by atoms with Crippen molar-refractivity contribution in [3.05, 3.63) is 47.0 Å². The summed E-state index contributed by atoms with van der Waals surface area (Å²) < 4.78 is 21.6. The van der Waals surface area contributed by atoms with Gasteiger partial charge in [-0.1, -0.05) is 19.1 Å². The van der Waals surface area contributed by atoms with Crippen molar-refractivity contribution in [1.82, 2.24) is 15.1 Å². The molecular formula is C16H22FN3O. The number of aryl methyl sites for hydroxylation is 2. The molecule has 0 saturated carbocycles. The summed E-state index contributed by atoms with van der Waals surface area (Å²) in [7, 11) is 0. The van der Waals surface area contributed by atoms with Gasteiger partial charge in [0.05, 0.1) is 11.4 Å². The first kappa shape index (κ1) is 15.5. The first-order chi connectivity index (χ1) is 10.2. The van der Waals surface area contributed by atoms with Gasteiger partial charge in [-0.25, -0.2) is 4.39 Å². The molecule has 0 atom stereocenters. The zero-order valence-electron chi connectivity index (χ0n) is 12.8. The van der Waals surface area contributed by atoms with Crippen LogP contribution >= 0.6 is 0 Å². The predicted molar refractivity (Wildman–Crippen MR) is 80.8 cm³/mol. The summed E-state index contributed by atoms with van der Waals surface area (Å²) in [5.74, 6) is -0.00959. The second kappa shape index (κ2) is 7.22. The third-order valence-corrected chi connectivity index (χ3v) is 3.26. The molecule has 0 saturated heterocycles. The molecule has 0 unspecified atom stereocenters. The second-order valence-electron chi connectivity index (χ2n) is 4.89. The Kier molecular flexibility index (Phi) is 5.33. The van der Waals surface area contributed by atoms with E-state index in [0.29, 0.717) is 18.9 Å². The molecule has 0 aliphatic rings. The van der Waals surface area contributed by atoms with E-state index in [0.717, 1.165) is 30.0 Å². The number of nitrogens with zero attached hydrogens (tertiary/aromatic N) is 2. The minimum Gasteiger partial charge on any atom is -0.484 e. The van der Waals surface area contributed by atoms with Crippen LogP contribution in [0.15, 0.2) is 24.3 Å². The van der Waals surface area contributed by atoms with E-state index in [-0.39, 0.29) is 5.82 Å². The molecule has 5 heteroatoms. The fraction of sp³-hybridized carbons (Fsp3) is 0.438. The topological polar surface area (TPSA) is 39.1 Å². The van der Waals surface area contributed by atoms with Crippen LogP contribution in [0.3, 0.4) is 0 Å². The highest BCUT2D eigenvalue weighted by Gasteiger charge is 2.11. The molecule has 1 heterocycles. The summed E-state index contributed by atoms with van der Waals surface area (Å²) in [6, 6.07) is 6.97. The summed E-state index contributed by atoms with van der Waals surface area (Å²) in [5.41, 5.74) is 2.72. The molecule has 0 spiro atoms. The van der Waals surface area contributed by atoms with E-state index in [2.05, 4.69) is 10.4 Å². The quantitative estimate of drug-likeness (QED) is 0.852. The molecule has 1 N–H and O–H groups in total. The Morgan fingerprint density at radius 1 is 1.33 bits per heavy atom. The maximum Gasteiger partial charge on any atom is 0.165 e. The number of rotatable bonds is 7. The van der Waals surface area contributed by atoms with Crippen LogP contribution in [-0.2, 0) is 19.7 Å². The Balaban J connectivity index is 2.15. The molecule has 0 bridgehead atoms. The van der Waals surface area contributed by atoms with Gasteiger partial charge in [0.15, 0.2) is 11.6 Å². The van der Waals surface area contributed by atoms with Crippen molar-refractivity contribution >= 4 is 0 Å². The van der Waals surface area contributed by atoms with Gasteiger partial charge in [-0.2, -0.15) is 5.10 Å². The third kappa shape index (κ3) is 3.82. The smallest absolute Gasteiger partial charge is 0.165 e. The number of benzene rings is 1. The molecular weight excluding hydrogens is 269 g/mol. The van der Waals surface area contributed by atoms with Gasteiger partial charge in [0, 0.05) is 18.7 Å². The number of hydrogen-bond donors (Lipinski definition) is 1. The van der Waals surface area contributed by atoms with Crippen LogP contribution in [0, 0.1) is 12.7 Å². The van der Waals surface area contributed by atoms with Crippen molar-refractivity contribution in [2.45, 2.75) is 40.5 Å². The van der Waals surface area contributed by atoms with Crippen molar-refractivity contribution in [1.29, 1.82) is 0 Å². The van der Waals surface area contributed by atoms with Gasteiger partial charge in [-0.15, -0.1) is 0 Å². The number of hydrogen-bond acceptors (Lipinski definition) is 3. The molecule has 21 heavy (non-hydrogen) atoms. The molecule has 0 fully saturated rings. The van der Waals surface area contributed by atoms with Gasteiger partial charge >= 0.3 is 0 Å². The van der Waals surface area contributed by atoms with Crippen LogP contribution in [0.25, 0.3) is 0 Å². The molecule has 114 valence electrons. The Bertz CT molecular complexity index is 595. The lowest BCUT2D eigenvalue weighted by atomic mass is 10.2. The standard InChI is InChI=1S/C16H22FN3O/c1-4-18-10-13-7-6-8-15(17)16(13)21-11-14-9-12(3)19-20(14)5-2/h6-9,18H,4-5,10-11H2,1-3H3. The molecule has 0 aliphatic heterocycles. The molecule has 0 radical (unpaired) electrons. The van der Waals surface area contributed by atoms with Crippen LogP contribution < -0.4 is 10.1 Å². The lowest BCUT2D eigenvalue weighted by Crippen LogP contribution is -2.14. The molecule has 4 nitrogen and oxygen atoms in total. The van der Waals surface area contributed by atoms with Crippen molar-refractivity contribution in [3.8, 4) is 5.75 Å². The van der Waals surface area contributed by atoms with Gasteiger partial charge in [0.25, 0.3) is 0 Å². The maximum atomic E-state index is 14.0. The largest absolute Gasteiger partial charge is 0.484 e. The Labute approximate surface area is 124 Å². The molecule has 0 aliphatic carbocycles. The summed E-state index contributed by atoms with van der Waals surface area (Å²) in [5, 5.41) is 7.56. The summed E-state index contributed by atoms with van der Waals surface area (Å²) in [6.07, 6.45) is 0. The first-order valence-corrected chi connectivity index (χ1v) is 7.30. The van der Waals surface area contributed by atoms with E-state index in [1.54, 1.807) is 6.07 Å². The fourth-order valence-electron chi connectivity index (χ4n) is 2.25. The van der Waals surface area contributed by atoms with E-state index < -0.39 is 0 Å². The highest BCUT2D eigenvalue weighted by atomic mass is 19.1. The van der Waals surface area contributed by atoms with Crippen LogP contribution in [0.5, 0.6) is 5.75 Å². The maximum absolute atomic E-state index is 14.0. The van der Waals surface area contributed by atoms with Crippen LogP contribution in [0.2, 0.25) is 0 Å². The average molecular weight is 291 g/mol. The average Bonchev–Trinajstić information content (AvgIpc) is 2.84. The van der Waals surface area contributed by atoms with Gasteiger partial charge in [-0.05, 0) is 32.5 Å². The van der Waals surface area contributed by atoms with Gasteiger partial charge < -0.3 is 10.1 Å². The van der Waals surface area contributed by atoms with Crippen LogP contribution in [0.1, 0.15) is 30.8 Å². The van der Waals surface area contributed by atoms with Crippen molar-refractivity contribution in [2.24, 2.45) is 0 Å². The molecule has 2 aromatic rings. The fourth-order valence-corrected chi connectivity index (χ4v) is 2.25. The minimum atomic E-state index is -0.329. The molecule has 1 aromatic heterocycles. The number of para-hydroxylation sites is 1.